The van der Waals surface area contributed by atoms with Crippen LogP contribution in [-0.2, 0) is 0 Å². The van der Waals surface area contributed by atoms with Crippen molar-refractivity contribution in [3.63, 3.8) is 0 Å². The summed E-state index contributed by atoms with van der Waals surface area (Å²) in [7, 11) is 0. The number of aromatic nitrogens is 1. The van der Waals surface area contributed by atoms with E-state index in [9.17, 15) is 0 Å². The first kappa shape index (κ1) is 11.8. The van der Waals surface area contributed by atoms with Gasteiger partial charge in [0.2, 0.25) is 0 Å². The fourth-order valence-corrected chi connectivity index (χ4v) is 1.94. The molecule has 2 nitrogen and oxygen atoms in total. The SMILES string of the molecule is CCCC(C)Nc1ncc(Br)cc1Cl. The molecule has 1 heterocycles. The molecule has 4 heteroatoms. The Morgan fingerprint density at radius 1 is 1.64 bits per heavy atom. The minimum absolute atomic E-state index is 0.408. The van der Waals surface area contributed by atoms with Crippen molar-refractivity contribution in [2.24, 2.45) is 0 Å². The van der Waals surface area contributed by atoms with E-state index in [1.807, 2.05) is 6.07 Å². The molecule has 1 aromatic rings. The number of nitrogens with zero attached hydrogens (tertiary/aromatic N) is 1. The maximum absolute atomic E-state index is 6.02. The van der Waals surface area contributed by atoms with E-state index in [1.165, 1.54) is 0 Å². The summed E-state index contributed by atoms with van der Waals surface area (Å²) in [5.41, 5.74) is 0. The van der Waals surface area contributed by atoms with Crippen LogP contribution < -0.4 is 5.32 Å². The van der Waals surface area contributed by atoms with Crippen LogP contribution in [0.25, 0.3) is 0 Å². The van der Waals surface area contributed by atoms with Crippen molar-refractivity contribution in [3.8, 4) is 0 Å². The van der Waals surface area contributed by atoms with Gasteiger partial charge in [0.15, 0.2) is 0 Å². The number of rotatable bonds is 4. The van der Waals surface area contributed by atoms with Crippen LogP contribution in [0.2, 0.25) is 5.02 Å². The maximum Gasteiger partial charge on any atom is 0.145 e. The van der Waals surface area contributed by atoms with Gasteiger partial charge in [0.25, 0.3) is 0 Å². The smallest absolute Gasteiger partial charge is 0.145 e. The molecule has 1 unspecified atom stereocenters. The van der Waals surface area contributed by atoms with E-state index < -0.39 is 0 Å². The Bertz CT molecular complexity index is 304. The van der Waals surface area contributed by atoms with Gasteiger partial charge in [-0.3, -0.25) is 0 Å². The molecule has 0 aliphatic carbocycles. The van der Waals surface area contributed by atoms with E-state index >= 15 is 0 Å². The van der Waals surface area contributed by atoms with Crippen molar-refractivity contribution in [2.75, 3.05) is 5.32 Å². The Morgan fingerprint density at radius 3 is 2.93 bits per heavy atom. The van der Waals surface area contributed by atoms with Crippen LogP contribution in [0.5, 0.6) is 0 Å². The first-order valence-corrected chi connectivity index (χ1v) is 5.88. The summed E-state index contributed by atoms with van der Waals surface area (Å²) < 4.78 is 0.899. The summed E-state index contributed by atoms with van der Waals surface area (Å²) in [6.07, 6.45) is 4.02. The molecule has 0 radical (unpaired) electrons. The number of hydrogen-bond acceptors (Lipinski definition) is 2. The molecule has 0 saturated carbocycles. The lowest BCUT2D eigenvalue weighted by Crippen LogP contribution is -2.15. The van der Waals surface area contributed by atoms with Gasteiger partial charge in [-0.1, -0.05) is 24.9 Å². The van der Waals surface area contributed by atoms with Gasteiger partial charge >= 0.3 is 0 Å². The van der Waals surface area contributed by atoms with Crippen LogP contribution in [0, 0.1) is 0 Å². The number of nitrogens with one attached hydrogen (secondary N) is 1. The number of anilines is 1. The van der Waals surface area contributed by atoms with Crippen LogP contribution in [0.15, 0.2) is 16.7 Å². The first-order valence-electron chi connectivity index (χ1n) is 4.71. The predicted octanol–water partition coefficient (Wildman–Crippen LogP) is 4.10. The average Bonchev–Trinajstić information content (AvgIpc) is 2.10. The highest BCUT2D eigenvalue weighted by Crippen LogP contribution is 2.23. The van der Waals surface area contributed by atoms with Gasteiger partial charge < -0.3 is 5.32 Å². The molecular formula is C10H14BrClN2. The fraction of sp³-hybridized carbons (Fsp3) is 0.500. The predicted molar refractivity (Wildman–Crippen MR) is 64.9 cm³/mol. The van der Waals surface area contributed by atoms with Crippen molar-refractivity contribution in [1.29, 1.82) is 0 Å². The van der Waals surface area contributed by atoms with Crippen LogP contribution in [0.1, 0.15) is 26.7 Å². The van der Waals surface area contributed by atoms with Crippen molar-refractivity contribution in [1.82, 2.24) is 4.98 Å². The molecule has 0 aliphatic rings. The standard InChI is InChI=1S/C10H14BrClN2/c1-3-4-7(2)14-10-9(12)5-8(11)6-13-10/h5-7H,3-4H2,1-2H3,(H,13,14). The average molecular weight is 278 g/mol. The topological polar surface area (TPSA) is 24.9 Å². The van der Waals surface area contributed by atoms with Crippen molar-refractivity contribution >= 4 is 33.3 Å². The van der Waals surface area contributed by atoms with Crippen LogP contribution in [-0.4, -0.2) is 11.0 Å². The van der Waals surface area contributed by atoms with E-state index in [0.717, 1.165) is 23.1 Å². The summed E-state index contributed by atoms with van der Waals surface area (Å²) in [6.45, 7) is 4.29. The number of halogens is 2. The van der Waals surface area contributed by atoms with E-state index in [2.05, 4.69) is 40.1 Å². The van der Waals surface area contributed by atoms with Crippen LogP contribution in [0.4, 0.5) is 5.82 Å². The highest BCUT2D eigenvalue weighted by Gasteiger charge is 2.05. The molecule has 0 aliphatic heterocycles. The number of pyridine rings is 1. The van der Waals surface area contributed by atoms with Gasteiger partial charge in [0, 0.05) is 16.7 Å². The van der Waals surface area contributed by atoms with E-state index in [1.54, 1.807) is 6.20 Å². The van der Waals surface area contributed by atoms with Gasteiger partial charge in [0.1, 0.15) is 5.82 Å². The Kier molecular flexibility index (Phi) is 4.69. The maximum atomic E-state index is 6.02. The van der Waals surface area contributed by atoms with Gasteiger partial charge in [-0.05, 0) is 35.3 Å². The lowest BCUT2D eigenvalue weighted by atomic mass is 10.2. The van der Waals surface area contributed by atoms with Crippen molar-refractivity contribution in [2.45, 2.75) is 32.7 Å². The van der Waals surface area contributed by atoms with Crippen molar-refractivity contribution in [3.05, 3.63) is 21.8 Å². The Balaban J connectivity index is 2.67. The van der Waals surface area contributed by atoms with Gasteiger partial charge in [-0.15, -0.1) is 0 Å². The third-order valence-corrected chi connectivity index (χ3v) is 2.63. The summed E-state index contributed by atoms with van der Waals surface area (Å²) in [5, 5.41) is 3.93. The molecule has 78 valence electrons. The molecule has 0 aromatic carbocycles. The molecule has 0 spiro atoms. The first-order chi connectivity index (χ1) is 6.63. The minimum atomic E-state index is 0.408. The summed E-state index contributed by atoms with van der Waals surface area (Å²) in [5.74, 6) is 0.760. The number of hydrogen-bond donors (Lipinski definition) is 1. The van der Waals surface area contributed by atoms with Crippen molar-refractivity contribution < 1.29 is 0 Å². The van der Waals surface area contributed by atoms with E-state index in [4.69, 9.17) is 11.6 Å². The molecule has 0 bridgehead atoms. The summed E-state index contributed by atoms with van der Waals surface area (Å²) in [6, 6.07) is 2.25. The Hall–Kier alpha value is -0.280. The Morgan fingerprint density at radius 2 is 2.36 bits per heavy atom. The Labute approximate surface area is 98.2 Å². The second kappa shape index (κ2) is 5.56. The lowest BCUT2D eigenvalue weighted by molar-refractivity contribution is 0.687. The second-order valence-electron chi connectivity index (χ2n) is 3.32. The molecule has 1 atom stereocenters. The van der Waals surface area contributed by atoms with Crippen LogP contribution >= 0.6 is 27.5 Å². The zero-order chi connectivity index (χ0) is 10.6. The van der Waals surface area contributed by atoms with E-state index in [-0.39, 0.29) is 0 Å². The highest BCUT2D eigenvalue weighted by molar-refractivity contribution is 9.10. The third kappa shape index (κ3) is 3.46. The summed E-state index contributed by atoms with van der Waals surface area (Å²) in [4.78, 5) is 4.21. The zero-order valence-electron chi connectivity index (χ0n) is 8.35. The molecule has 14 heavy (non-hydrogen) atoms. The monoisotopic (exact) mass is 276 g/mol. The zero-order valence-corrected chi connectivity index (χ0v) is 10.7. The third-order valence-electron chi connectivity index (χ3n) is 1.91. The van der Waals surface area contributed by atoms with Gasteiger partial charge in [0.05, 0.1) is 5.02 Å². The normalized spacial score (nSPS) is 12.6. The molecule has 1 N–H and O–H groups in total. The molecule has 1 rings (SSSR count). The summed E-state index contributed by atoms with van der Waals surface area (Å²) >= 11 is 9.34. The lowest BCUT2D eigenvalue weighted by Gasteiger charge is -2.14. The highest BCUT2D eigenvalue weighted by atomic mass is 79.9. The van der Waals surface area contributed by atoms with Gasteiger partial charge in [-0.2, -0.15) is 0 Å². The largest absolute Gasteiger partial charge is 0.366 e. The molecule has 0 saturated heterocycles. The van der Waals surface area contributed by atoms with Crippen LogP contribution in [0.3, 0.4) is 0 Å². The molecule has 1 aromatic heterocycles. The molecule has 0 amide bonds. The van der Waals surface area contributed by atoms with Gasteiger partial charge in [-0.25, -0.2) is 4.98 Å². The quantitative estimate of drug-likeness (QED) is 0.896. The molecular weight excluding hydrogens is 263 g/mol. The molecule has 0 fully saturated rings. The fourth-order valence-electron chi connectivity index (χ4n) is 1.26. The minimum Gasteiger partial charge on any atom is -0.366 e. The van der Waals surface area contributed by atoms with E-state index in [0.29, 0.717) is 11.1 Å². The second-order valence-corrected chi connectivity index (χ2v) is 4.64.